The topological polar surface area (TPSA) is 45.6 Å². The van der Waals surface area contributed by atoms with E-state index >= 15 is 0 Å². The molecule has 0 radical (unpaired) electrons. The molecule has 1 aliphatic rings. The van der Waals surface area contributed by atoms with Crippen molar-refractivity contribution >= 4 is 22.3 Å². The highest BCUT2D eigenvalue weighted by atomic mass is 16.3. The number of nitroso groups, excluding NO2 is 1. The van der Waals surface area contributed by atoms with Gasteiger partial charge in [0.25, 0.3) is 0 Å². The van der Waals surface area contributed by atoms with Gasteiger partial charge in [-0.05, 0) is 59.1 Å². The Morgan fingerprint density at radius 2 is 1.69 bits per heavy atom. The van der Waals surface area contributed by atoms with Gasteiger partial charge in [-0.2, -0.15) is 0 Å². The van der Waals surface area contributed by atoms with Gasteiger partial charge in [-0.15, -0.1) is 4.91 Å². The molecular formula is C25H21N3O. The lowest BCUT2D eigenvalue weighted by Crippen LogP contribution is -2.36. The summed E-state index contributed by atoms with van der Waals surface area (Å²) in [6.07, 6.45) is 1.83. The van der Waals surface area contributed by atoms with Gasteiger partial charge in [-0.3, -0.25) is 4.98 Å². The summed E-state index contributed by atoms with van der Waals surface area (Å²) in [4.78, 5) is 18.1. The highest BCUT2D eigenvalue weighted by Crippen LogP contribution is 2.36. The monoisotopic (exact) mass is 379 g/mol. The Labute approximate surface area is 169 Å². The van der Waals surface area contributed by atoms with Crippen LogP contribution in [0.5, 0.6) is 0 Å². The summed E-state index contributed by atoms with van der Waals surface area (Å²) in [6, 6.07) is 29.0. The second-order valence-corrected chi connectivity index (χ2v) is 7.47. The number of benzene rings is 3. The van der Waals surface area contributed by atoms with E-state index in [-0.39, 0.29) is 6.04 Å². The molecule has 0 N–H and O–H groups in total. The number of nitrogens with zero attached hydrogens (tertiary/aromatic N) is 3. The quantitative estimate of drug-likeness (QED) is 0.410. The minimum Gasteiger partial charge on any atom is -0.364 e. The molecular weight excluding hydrogens is 358 g/mol. The lowest BCUT2D eigenvalue weighted by molar-refractivity contribution is 0.574. The fraction of sp³-hybridized carbons (Fsp3) is 0.160. The number of aromatic nitrogens is 1. The van der Waals surface area contributed by atoms with Gasteiger partial charge in [-0.25, -0.2) is 0 Å². The van der Waals surface area contributed by atoms with Gasteiger partial charge >= 0.3 is 0 Å². The molecule has 0 aliphatic carbocycles. The third-order valence-electron chi connectivity index (χ3n) is 5.76. The maximum atomic E-state index is 10.8. The molecule has 29 heavy (non-hydrogen) atoms. The van der Waals surface area contributed by atoms with Gasteiger partial charge < -0.3 is 4.90 Å². The van der Waals surface area contributed by atoms with E-state index in [4.69, 9.17) is 4.98 Å². The van der Waals surface area contributed by atoms with Gasteiger partial charge in [0, 0.05) is 29.7 Å². The molecule has 1 aliphatic heterocycles. The van der Waals surface area contributed by atoms with Crippen molar-refractivity contribution in [1.29, 1.82) is 0 Å². The van der Waals surface area contributed by atoms with Gasteiger partial charge in [0.1, 0.15) is 5.69 Å². The lowest BCUT2D eigenvalue weighted by Gasteiger charge is -2.39. The van der Waals surface area contributed by atoms with Crippen molar-refractivity contribution in [3.63, 3.8) is 0 Å². The molecule has 4 nitrogen and oxygen atoms in total. The third-order valence-corrected chi connectivity index (χ3v) is 5.76. The number of fused-ring (bicyclic) bond motifs is 2. The first-order chi connectivity index (χ1) is 14.3. The number of para-hydroxylation sites is 1. The van der Waals surface area contributed by atoms with Crippen molar-refractivity contribution < 1.29 is 0 Å². The molecule has 3 aromatic carbocycles. The first-order valence-electron chi connectivity index (χ1n) is 9.94. The normalized spacial score (nSPS) is 15.9. The molecule has 0 spiro atoms. The summed E-state index contributed by atoms with van der Waals surface area (Å²) in [6.45, 7) is 0.934. The van der Waals surface area contributed by atoms with Crippen LogP contribution in [0.4, 0.5) is 11.4 Å². The van der Waals surface area contributed by atoms with Crippen LogP contribution in [0.25, 0.3) is 10.9 Å². The molecule has 1 aromatic heterocycles. The Morgan fingerprint density at radius 3 is 2.55 bits per heavy atom. The largest absolute Gasteiger partial charge is 0.364 e. The predicted molar refractivity (Wildman–Crippen MR) is 118 cm³/mol. The van der Waals surface area contributed by atoms with Crippen LogP contribution < -0.4 is 4.90 Å². The molecule has 0 bridgehead atoms. The minimum atomic E-state index is 0.198. The van der Waals surface area contributed by atoms with E-state index in [1.54, 1.807) is 12.1 Å². The van der Waals surface area contributed by atoms with E-state index in [2.05, 4.69) is 58.6 Å². The molecule has 4 heteroatoms. The van der Waals surface area contributed by atoms with Crippen molar-refractivity contribution in [1.82, 2.24) is 4.98 Å². The number of hydrogen-bond donors (Lipinski definition) is 0. The van der Waals surface area contributed by atoms with E-state index in [1.165, 1.54) is 11.1 Å². The molecule has 0 saturated heterocycles. The van der Waals surface area contributed by atoms with Crippen molar-refractivity contribution in [2.24, 2.45) is 5.18 Å². The summed E-state index contributed by atoms with van der Waals surface area (Å²) in [5.74, 6) is 0. The smallest absolute Gasteiger partial charge is 0.108 e. The molecule has 4 aromatic rings. The van der Waals surface area contributed by atoms with Crippen LogP contribution in [0.3, 0.4) is 0 Å². The van der Waals surface area contributed by atoms with Gasteiger partial charge in [-0.1, -0.05) is 48.5 Å². The molecule has 0 fully saturated rings. The van der Waals surface area contributed by atoms with Crippen LogP contribution in [0, 0.1) is 4.91 Å². The summed E-state index contributed by atoms with van der Waals surface area (Å²) >= 11 is 0. The maximum Gasteiger partial charge on any atom is 0.108 e. The average molecular weight is 379 g/mol. The molecule has 2 heterocycles. The van der Waals surface area contributed by atoms with Crippen molar-refractivity contribution in [2.75, 3.05) is 11.4 Å². The standard InChI is InChI=1S/C25H21N3O/c29-27-20-11-13-22(14-12-20)28-16-15-18-5-1-3-7-23(18)25(28)17-21-10-9-19-6-2-4-8-24(19)26-21/h1-14,25H,15-17H2. The summed E-state index contributed by atoms with van der Waals surface area (Å²) in [5, 5.41) is 4.19. The summed E-state index contributed by atoms with van der Waals surface area (Å²) in [7, 11) is 0. The van der Waals surface area contributed by atoms with E-state index in [0.717, 1.165) is 41.7 Å². The number of pyridine rings is 1. The first-order valence-corrected chi connectivity index (χ1v) is 9.94. The zero-order valence-electron chi connectivity index (χ0n) is 16.0. The Morgan fingerprint density at radius 1 is 0.897 bits per heavy atom. The Balaban J connectivity index is 1.54. The minimum absolute atomic E-state index is 0.198. The van der Waals surface area contributed by atoms with E-state index < -0.39 is 0 Å². The van der Waals surface area contributed by atoms with Crippen LogP contribution in [0.2, 0.25) is 0 Å². The van der Waals surface area contributed by atoms with E-state index in [0.29, 0.717) is 5.69 Å². The van der Waals surface area contributed by atoms with Gasteiger partial charge in [0.2, 0.25) is 0 Å². The number of hydrogen-bond acceptors (Lipinski definition) is 4. The first kappa shape index (κ1) is 17.6. The zero-order valence-corrected chi connectivity index (χ0v) is 16.0. The molecule has 1 atom stereocenters. The van der Waals surface area contributed by atoms with Crippen LogP contribution in [-0.2, 0) is 12.8 Å². The number of rotatable bonds is 4. The van der Waals surface area contributed by atoms with E-state index in [1.807, 2.05) is 24.3 Å². The third kappa shape index (κ3) is 3.38. The molecule has 5 rings (SSSR count). The van der Waals surface area contributed by atoms with Crippen LogP contribution in [0.15, 0.2) is 90.1 Å². The SMILES string of the molecule is O=Nc1ccc(N2CCc3ccccc3C2Cc2ccc3ccccc3n2)cc1. The zero-order chi connectivity index (χ0) is 19.6. The molecule has 1 unspecified atom stereocenters. The summed E-state index contributed by atoms with van der Waals surface area (Å²) < 4.78 is 0. The van der Waals surface area contributed by atoms with Gasteiger partial charge in [0.15, 0.2) is 0 Å². The fourth-order valence-corrected chi connectivity index (χ4v) is 4.31. The van der Waals surface area contributed by atoms with E-state index in [9.17, 15) is 4.91 Å². The lowest BCUT2D eigenvalue weighted by atomic mass is 9.89. The second kappa shape index (κ2) is 7.47. The van der Waals surface area contributed by atoms with Crippen molar-refractivity contribution in [2.45, 2.75) is 18.9 Å². The van der Waals surface area contributed by atoms with Gasteiger partial charge in [0.05, 0.1) is 11.6 Å². The Kier molecular flexibility index (Phi) is 4.53. The molecule has 0 amide bonds. The highest BCUT2D eigenvalue weighted by Gasteiger charge is 2.28. The Bertz CT molecular complexity index is 1170. The number of anilines is 1. The Hall–Kier alpha value is -3.53. The molecule has 0 saturated carbocycles. The van der Waals surface area contributed by atoms with Crippen molar-refractivity contribution in [3.05, 3.63) is 107 Å². The summed E-state index contributed by atoms with van der Waals surface area (Å²) in [5.41, 5.74) is 6.44. The van der Waals surface area contributed by atoms with Crippen LogP contribution in [-0.4, -0.2) is 11.5 Å². The fourth-order valence-electron chi connectivity index (χ4n) is 4.31. The van der Waals surface area contributed by atoms with Crippen LogP contribution >= 0.6 is 0 Å². The predicted octanol–water partition coefficient (Wildman–Crippen LogP) is 5.98. The maximum absolute atomic E-state index is 10.8. The molecule has 142 valence electrons. The second-order valence-electron chi connectivity index (χ2n) is 7.47. The average Bonchev–Trinajstić information content (AvgIpc) is 2.79. The van der Waals surface area contributed by atoms with Crippen LogP contribution in [0.1, 0.15) is 22.9 Å². The highest BCUT2D eigenvalue weighted by molar-refractivity contribution is 5.78. The van der Waals surface area contributed by atoms with Crippen molar-refractivity contribution in [3.8, 4) is 0 Å².